The fourth-order valence-electron chi connectivity index (χ4n) is 0.654. The van der Waals surface area contributed by atoms with Crippen LogP contribution in [0.4, 0.5) is 0 Å². The van der Waals surface area contributed by atoms with Gasteiger partial charge < -0.3 is 5.73 Å². The summed E-state index contributed by atoms with van der Waals surface area (Å²) in [6.07, 6.45) is 3.66. The summed E-state index contributed by atoms with van der Waals surface area (Å²) in [6, 6.07) is 0. The molecule has 0 amide bonds. The van der Waals surface area contributed by atoms with Gasteiger partial charge in [0, 0.05) is 0 Å². The molecule has 2 unspecified atom stereocenters. The van der Waals surface area contributed by atoms with Crippen LogP contribution in [0, 0.1) is 0 Å². The van der Waals surface area contributed by atoms with Crippen LogP contribution in [0.2, 0.25) is 0 Å². The summed E-state index contributed by atoms with van der Waals surface area (Å²) in [5.74, 6) is 0. The van der Waals surface area contributed by atoms with E-state index in [1.807, 2.05) is 0 Å². The van der Waals surface area contributed by atoms with Crippen molar-refractivity contribution in [2.45, 2.75) is 19.3 Å². The first-order valence-electron chi connectivity index (χ1n) is 3.50. The highest BCUT2D eigenvalue weighted by molar-refractivity contribution is 8.42. The van der Waals surface area contributed by atoms with Gasteiger partial charge in [-0.15, -0.1) is 0 Å². The minimum atomic E-state index is -0.0693. The number of hydrogen-bond donors (Lipinski definition) is 2. The molecule has 0 fully saturated rings. The number of hydrogen-bond acceptors (Lipinski definition) is 2. The van der Waals surface area contributed by atoms with Crippen LogP contribution in [0.15, 0.2) is 0 Å². The zero-order chi connectivity index (χ0) is 7.82. The molecule has 0 heterocycles. The Hall–Kier alpha value is 1.21. The second-order valence-electron chi connectivity index (χ2n) is 2.16. The average Bonchev–Trinajstić information content (AvgIpc) is 1.87. The Kier molecular flexibility index (Phi) is 9.31. The molecule has 2 nitrogen and oxygen atoms in total. The van der Waals surface area contributed by atoms with Crippen LogP contribution in [0.5, 0.6) is 0 Å². The van der Waals surface area contributed by atoms with E-state index in [0.29, 0.717) is 0 Å². The molecule has 0 radical (unpaired) electrons. The first-order valence-corrected chi connectivity index (χ1v) is 8.08. The third kappa shape index (κ3) is 9.21. The van der Waals surface area contributed by atoms with Crippen LogP contribution in [0.1, 0.15) is 19.3 Å². The van der Waals surface area contributed by atoms with E-state index in [9.17, 15) is 0 Å². The molecule has 10 heavy (non-hydrogen) atoms. The molecule has 0 rings (SSSR count). The molecule has 0 aliphatic carbocycles. The molecule has 5 heteroatoms. The molecule has 0 aromatic carbocycles. The van der Waals surface area contributed by atoms with Gasteiger partial charge in [0.2, 0.25) is 0 Å². The van der Waals surface area contributed by atoms with Gasteiger partial charge in [-0.1, -0.05) is 24.3 Å². The van der Waals surface area contributed by atoms with Crippen molar-refractivity contribution in [1.29, 1.82) is 0 Å². The van der Waals surface area contributed by atoms with Gasteiger partial charge in [0.05, 0.1) is 0 Å². The van der Waals surface area contributed by atoms with Gasteiger partial charge in [0.15, 0.2) is 0 Å². The van der Waals surface area contributed by atoms with E-state index in [1.54, 1.807) is 0 Å². The van der Waals surface area contributed by atoms with E-state index in [4.69, 9.17) is 5.73 Å². The molecule has 62 valence electrons. The third-order valence-corrected chi connectivity index (χ3v) is 2.86. The quantitative estimate of drug-likeness (QED) is 0.503. The number of nitrogens with one attached hydrogen (secondary N) is 1. The molecular formula is C5H17N2P3. The first-order chi connectivity index (χ1) is 4.77. The predicted molar refractivity (Wildman–Crippen MR) is 57.2 cm³/mol. The molecule has 0 aromatic rings. The van der Waals surface area contributed by atoms with E-state index < -0.39 is 0 Å². The molecule has 0 saturated carbocycles. The van der Waals surface area contributed by atoms with E-state index in [-0.39, 0.29) is 7.45 Å². The van der Waals surface area contributed by atoms with Crippen molar-refractivity contribution in [3.05, 3.63) is 0 Å². The summed E-state index contributed by atoms with van der Waals surface area (Å²) in [7, 11) is 5.43. The van der Waals surface area contributed by atoms with Gasteiger partial charge in [-0.3, -0.25) is 5.09 Å². The Morgan fingerprint density at radius 3 is 2.40 bits per heavy atom. The highest BCUT2D eigenvalue weighted by atomic mass is 32.4. The maximum Gasteiger partial charge on any atom is -0.000439 e. The topological polar surface area (TPSA) is 38.0 Å². The number of nitrogens with two attached hydrogens (primary N) is 1. The van der Waals surface area contributed by atoms with E-state index in [2.05, 4.69) is 22.9 Å². The highest BCUT2D eigenvalue weighted by Crippen LogP contribution is 2.47. The average molecular weight is 198 g/mol. The van der Waals surface area contributed by atoms with Crippen LogP contribution in [0.25, 0.3) is 0 Å². The lowest BCUT2D eigenvalue weighted by atomic mass is 10.2. The second kappa shape index (κ2) is 8.31. The van der Waals surface area contributed by atoms with Crippen LogP contribution >= 0.6 is 25.3 Å². The van der Waals surface area contributed by atoms with Gasteiger partial charge in [-0.05, 0) is 33.4 Å². The fourth-order valence-corrected chi connectivity index (χ4v) is 1.85. The lowest BCUT2D eigenvalue weighted by Crippen LogP contribution is -2.05. The van der Waals surface area contributed by atoms with Gasteiger partial charge in [0.25, 0.3) is 0 Å². The van der Waals surface area contributed by atoms with Crippen LogP contribution in [-0.2, 0) is 0 Å². The third-order valence-electron chi connectivity index (χ3n) is 1.18. The van der Waals surface area contributed by atoms with Crippen LogP contribution in [-0.4, -0.2) is 13.1 Å². The van der Waals surface area contributed by atoms with Crippen molar-refractivity contribution in [3.8, 4) is 0 Å². The van der Waals surface area contributed by atoms with Crippen molar-refractivity contribution in [2.24, 2.45) is 5.73 Å². The zero-order valence-corrected chi connectivity index (χ0v) is 9.42. The minimum Gasteiger partial charge on any atom is -0.330 e. The monoisotopic (exact) mass is 198 g/mol. The molecule has 0 aromatic heterocycles. The van der Waals surface area contributed by atoms with E-state index in [0.717, 1.165) is 19.5 Å². The molecule has 0 bridgehead atoms. The molecule has 0 aliphatic rings. The van der Waals surface area contributed by atoms with Crippen molar-refractivity contribution in [1.82, 2.24) is 5.09 Å². The molecule has 0 spiro atoms. The summed E-state index contributed by atoms with van der Waals surface area (Å²) in [5, 5.41) is 3.35. The van der Waals surface area contributed by atoms with Gasteiger partial charge >= 0.3 is 0 Å². The van der Waals surface area contributed by atoms with Gasteiger partial charge in [0.1, 0.15) is 0 Å². The smallest absolute Gasteiger partial charge is 0.000439 e. The number of rotatable bonds is 6. The predicted octanol–water partition coefficient (Wildman–Crippen LogP) is 1.68. The lowest BCUT2D eigenvalue weighted by Gasteiger charge is -2.06. The maximum absolute atomic E-state index is 5.35. The standard InChI is InChI=1S/C5H17N2P3/c6-4-2-1-3-5-7-10(8)9/h7H,1-6,8-9H2. The molecule has 2 atom stereocenters. The summed E-state index contributed by atoms with van der Waals surface area (Å²) in [4.78, 5) is 0. The van der Waals surface area contributed by atoms with Crippen molar-refractivity contribution >= 4 is 25.3 Å². The maximum atomic E-state index is 5.35. The fraction of sp³-hybridized carbons (Fsp3) is 1.00. The molecular weight excluding hydrogens is 181 g/mol. The van der Waals surface area contributed by atoms with E-state index >= 15 is 0 Å². The Morgan fingerprint density at radius 2 is 1.90 bits per heavy atom. The Labute approximate surface area is 69.1 Å². The number of unbranched alkanes of at least 4 members (excludes halogenated alkanes) is 2. The Morgan fingerprint density at radius 1 is 1.20 bits per heavy atom. The van der Waals surface area contributed by atoms with Crippen molar-refractivity contribution < 1.29 is 0 Å². The SMILES string of the molecule is NCCCCCNP(P)P. The summed E-state index contributed by atoms with van der Waals surface area (Å²) >= 11 is 0. The minimum absolute atomic E-state index is 0.0693. The zero-order valence-electron chi connectivity index (χ0n) is 6.21. The summed E-state index contributed by atoms with van der Waals surface area (Å²) < 4.78 is 0. The van der Waals surface area contributed by atoms with Crippen molar-refractivity contribution in [3.63, 3.8) is 0 Å². The second-order valence-corrected chi connectivity index (χ2v) is 8.42. The summed E-state index contributed by atoms with van der Waals surface area (Å²) in [6.45, 7) is 1.95. The van der Waals surface area contributed by atoms with E-state index in [1.165, 1.54) is 12.8 Å². The summed E-state index contributed by atoms with van der Waals surface area (Å²) in [5.41, 5.74) is 5.35. The molecule has 0 saturated heterocycles. The Balaban J connectivity index is 2.77. The molecule has 3 N–H and O–H groups in total. The first kappa shape index (κ1) is 11.2. The lowest BCUT2D eigenvalue weighted by molar-refractivity contribution is 0.680. The van der Waals surface area contributed by atoms with Gasteiger partial charge in [-0.2, -0.15) is 0 Å². The molecule has 0 aliphatic heterocycles. The highest BCUT2D eigenvalue weighted by Gasteiger charge is 1.90. The van der Waals surface area contributed by atoms with Crippen LogP contribution in [0.3, 0.4) is 0 Å². The Bertz CT molecular complexity index is 69.9. The van der Waals surface area contributed by atoms with Gasteiger partial charge in [-0.25, -0.2) is 0 Å². The van der Waals surface area contributed by atoms with Crippen molar-refractivity contribution in [2.75, 3.05) is 13.1 Å². The largest absolute Gasteiger partial charge is 0.330 e. The van der Waals surface area contributed by atoms with Crippen LogP contribution < -0.4 is 10.8 Å². The normalized spacial score (nSPS) is 10.8.